The Morgan fingerprint density at radius 3 is 2.87 bits per heavy atom. The van der Waals surface area contributed by atoms with E-state index in [9.17, 15) is 10.1 Å². The Hall–Kier alpha value is -2.17. The third-order valence-electron chi connectivity index (χ3n) is 2.20. The van der Waals surface area contributed by atoms with Gasteiger partial charge in [-0.25, -0.2) is 4.98 Å². The highest BCUT2D eigenvalue weighted by atomic mass is 16.6. The second-order valence-electron chi connectivity index (χ2n) is 3.04. The smallest absolute Gasteiger partial charge is 0.318 e. The predicted molar refractivity (Wildman–Crippen MR) is 57.9 cm³/mol. The fourth-order valence-corrected chi connectivity index (χ4v) is 1.52. The summed E-state index contributed by atoms with van der Waals surface area (Å²) >= 11 is 0. The van der Waals surface area contributed by atoms with Gasteiger partial charge in [-0.1, -0.05) is 12.1 Å². The standard InChI is InChI=1S/C10H9N3O2/c1-11-8-5-4-7-3-2-6-12-9(7)10(8)13(14)15/h2-6,11H,1H3. The van der Waals surface area contributed by atoms with Gasteiger partial charge in [0.2, 0.25) is 0 Å². The second kappa shape index (κ2) is 3.53. The lowest BCUT2D eigenvalue weighted by Crippen LogP contribution is -1.98. The van der Waals surface area contributed by atoms with E-state index in [1.807, 2.05) is 0 Å². The molecule has 1 aromatic carbocycles. The lowest BCUT2D eigenvalue weighted by Gasteiger charge is -2.04. The van der Waals surface area contributed by atoms with Gasteiger partial charge in [-0.2, -0.15) is 0 Å². The van der Waals surface area contributed by atoms with Crippen molar-refractivity contribution in [3.05, 3.63) is 40.6 Å². The van der Waals surface area contributed by atoms with Crippen molar-refractivity contribution in [2.24, 2.45) is 0 Å². The van der Waals surface area contributed by atoms with E-state index in [0.29, 0.717) is 11.2 Å². The molecule has 2 rings (SSSR count). The van der Waals surface area contributed by atoms with Gasteiger partial charge in [0.25, 0.3) is 0 Å². The zero-order chi connectivity index (χ0) is 10.8. The number of nitrogens with one attached hydrogen (secondary N) is 1. The molecule has 0 saturated heterocycles. The molecule has 15 heavy (non-hydrogen) atoms. The average molecular weight is 203 g/mol. The Balaban J connectivity index is 2.85. The van der Waals surface area contributed by atoms with Gasteiger partial charge in [0.15, 0.2) is 0 Å². The van der Waals surface area contributed by atoms with Crippen LogP contribution in [-0.2, 0) is 0 Å². The highest BCUT2D eigenvalue weighted by Crippen LogP contribution is 2.31. The predicted octanol–water partition coefficient (Wildman–Crippen LogP) is 2.18. The number of anilines is 1. The highest BCUT2D eigenvalue weighted by molar-refractivity contribution is 5.93. The number of nitro groups is 1. The van der Waals surface area contributed by atoms with Crippen LogP contribution in [-0.4, -0.2) is 17.0 Å². The molecule has 0 atom stereocenters. The van der Waals surface area contributed by atoms with Gasteiger partial charge >= 0.3 is 5.69 Å². The third kappa shape index (κ3) is 1.48. The maximum atomic E-state index is 10.9. The van der Waals surface area contributed by atoms with Crippen LogP contribution in [0.2, 0.25) is 0 Å². The van der Waals surface area contributed by atoms with E-state index in [4.69, 9.17) is 0 Å². The monoisotopic (exact) mass is 203 g/mol. The first-order chi connectivity index (χ1) is 7.24. The van der Waals surface area contributed by atoms with Crippen LogP contribution >= 0.6 is 0 Å². The van der Waals surface area contributed by atoms with Crippen LogP contribution in [0, 0.1) is 10.1 Å². The Kier molecular flexibility index (Phi) is 2.21. The average Bonchev–Trinajstić information content (AvgIpc) is 2.27. The van der Waals surface area contributed by atoms with Gasteiger partial charge in [-0.15, -0.1) is 0 Å². The van der Waals surface area contributed by atoms with Crippen molar-refractivity contribution in [3.8, 4) is 0 Å². The molecule has 1 aromatic heterocycles. The molecule has 76 valence electrons. The minimum Gasteiger partial charge on any atom is -0.382 e. The molecular formula is C10H9N3O2. The molecule has 2 aromatic rings. The van der Waals surface area contributed by atoms with Crippen molar-refractivity contribution in [2.75, 3.05) is 12.4 Å². The number of rotatable bonds is 2. The molecule has 0 fully saturated rings. The van der Waals surface area contributed by atoms with E-state index < -0.39 is 4.92 Å². The molecule has 0 amide bonds. The van der Waals surface area contributed by atoms with Gasteiger partial charge in [0.1, 0.15) is 11.2 Å². The first kappa shape index (κ1) is 9.39. The fraction of sp³-hybridized carbons (Fsp3) is 0.100. The van der Waals surface area contributed by atoms with Crippen molar-refractivity contribution in [2.45, 2.75) is 0 Å². The summed E-state index contributed by atoms with van der Waals surface area (Å²) in [6.45, 7) is 0. The summed E-state index contributed by atoms with van der Waals surface area (Å²) in [4.78, 5) is 14.5. The Morgan fingerprint density at radius 2 is 2.20 bits per heavy atom. The fourth-order valence-electron chi connectivity index (χ4n) is 1.52. The van der Waals surface area contributed by atoms with Crippen molar-refractivity contribution >= 4 is 22.3 Å². The van der Waals surface area contributed by atoms with E-state index in [-0.39, 0.29) is 5.69 Å². The van der Waals surface area contributed by atoms with E-state index in [1.165, 1.54) is 0 Å². The molecule has 0 spiro atoms. The van der Waals surface area contributed by atoms with Crippen LogP contribution < -0.4 is 5.32 Å². The third-order valence-corrected chi connectivity index (χ3v) is 2.20. The molecule has 5 nitrogen and oxygen atoms in total. The van der Waals surface area contributed by atoms with E-state index in [2.05, 4.69) is 10.3 Å². The summed E-state index contributed by atoms with van der Waals surface area (Å²) in [6.07, 6.45) is 1.55. The minimum absolute atomic E-state index is 0.0237. The van der Waals surface area contributed by atoms with Gasteiger partial charge in [0.05, 0.1) is 4.92 Å². The van der Waals surface area contributed by atoms with Crippen LogP contribution in [0.5, 0.6) is 0 Å². The van der Waals surface area contributed by atoms with Gasteiger partial charge in [-0.3, -0.25) is 10.1 Å². The largest absolute Gasteiger partial charge is 0.382 e. The zero-order valence-electron chi connectivity index (χ0n) is 8.10. The van der Waals surface area contributed by atoms with Crippen molar-refractivity contribution < 1.29 is 4.92 Å². The van der Waals surface area contributed by atoms with E-state index in [0.717, 1.165) is 5.39 Å². The number of hydrogen-bond donors (Lipinski definition) is 1. The number of benzene rings is 1. The van der Waals surface area contributed by atoms with E-state index in [1.54, 1.807) is 37.5 Å². The number of nitro benzene ring substituents is 1. The van der Waals surface area contributed by atoms with Gasteiger partial charge in [0, 0.05) is 18.6 Å². The summed E-state index contributed by atoms with van der Waals surface area (Å²) in [6, 6.07) is 7.04. The first-order valence-corrected chi connectivity index (χ1v) is 4.44. The summed E-state index contributed by atoms with van der Waals surface area (Å²) in [5.41, 5.74) is 0.913. The molecule has 0 aliphatic carbocycles. The zero-order valence-corrected chi connectivity index (χ0v) is 8.10. The summed E-state index contributed by atoms with van der Waals surface area (Å²) in [5.74, 6) is 0. The highest BCUT2D eigenvalue weighted by Gasteiger charge is 2.18. The molecular weight excluding hydrogens is 194 g/mol. The number of hydrogen-bond acceptors (Lipinski definition) is 4. The summed E-state index contributed by atoms with van der Waals surface area (Å²) < 4.78 is 0. The maximum absolute atomic E-state index is 10.9. The van der Waals surface area contributed by atoms with Crippen molar-refractivity contribution in [1.82, 2.24) is 4.98 Å². The van der Waals surface area contributed by atoms with Crippen LogP contribution in [0.3, 0.4) is 0 Å². The summed E-state index contributed by atoms with van der Waals surface area (Å²) in [5, 5.41) is 14.5. The lowest BCUT2D eigenvalue weighted by atomic mass is 10.1. The first-order valence-electron chi connectivity index (χ1n) is 4.44. The molecule has 1 heterocycles. The maximum Gasteiger partial charge on any atom is 0.318 e. The molecule has 0 saturated carbocycles. The van der Waals surface area contributed by atoms with Gasteiger partial charge in [-0.05, 0) is 12.1 Å². The molecule has 1 N–H and O–H groups in total. The SMILES string of the molecule is CNc1ccc2cccnc2c1[N+](=O)[O-]. The van der Waals surface area contributed by atoms with Crippen LogP contribution in [0.15, 0.2) is 30.5 Å². The molecule has 0 bridgehead atoms. The van der Waals surface area contributed by atoms with Crippen molar-refractivity contribution in [3.63, 3.8) is 0 Å². The molecule has 0 aliphatic heterocycles. The molecule has 0 aliphatic rings. The second-order valence-corrected chi connectivity index (χ2v) is 3.04. The molecule has 0 unspecified atom stereocenters. The summed E-state index contributed by atoms with van der Waals surface area (Å²) in [7, 11) is 1.65. The number of pyridine rings is 1. The number of fused-ring (bicyclic) bond motifs is 1. The normalized spacial score (nSPS) is 10.2. The topological polar surface area (TPSA) is 68.1 Å². The lowest BCUT2D eigenvalue weighted by molar-refractivity contribution is -0.382. The Morgan fingerprint density at radius 1 is 1.40 bits per heavy atom. The Bertz CT molecular complexity index is 525. The van der Waals surface area contributed by atoms with Crippen molar-refractivity contribution in [1.29, 1.82) is 0 Å². The van der Waals surface area contributed by atoms with Crippen LogP contribution in [0.25, 0.3) is 10.9 Å². The Labute approximate surface area is 85.9 Å². The van der Waals surface area contributed by atoms with Gasteiger partial charge < -0.3 is 5.32 Å². The number of nitrogens with zero attached hydrogens (tertiary/aromatic N) is 2. The quantitative estimate of drug-likeness (QED) is 0.600. The molecule has 5 heteroatoms. The van der Waals surface area contributed by atoms with Crippen LogP contribution in [0.1, 0.15) is 0 Å². The van der Waals surface area contributed by atoms with E-state index >= 15 is 0 Å². The molecule has 0 radical (unpaired) electrons. The van der Waals surface area contributed by atoms with Crippen LogP contribution in [0.4, 0.5) is 11.4 Å². The minimum atomic E-state index is -0.416. The number of aromatic nitrogens is 1.